The van der Waals surface area contributed by atoms with Crippen LogP contribution >= 0.6 is 0 Å². The molecule has 27 heavy (non-hydrogen) atoms. The molecule has 1 amide bonds. The van der Waals surface area contributed by atoms with Gasteiger partial charge < -0.3 is 20.1 Å². The monoisotopic (exact) mass is 367 g/mol. The molecule has 0 saturated carbocycles. The quantitative estimate of drug-likeness (QED) is 0.570. The summed E-state index contributed by atoms with van der Waals surface area (Å²) in [6, 6.07) is 13.4. The van der Waals surface area contributed by atoms with E-state index < -0.39 is 0 Å². The van der Waals surface area contributed by atoms with Gasteiger partial charge in [-0.3, -0.25) is 4.79 Å². The minimum Gasteiger partial charge on any atom is -0.388 e. The van der Waals surface area contributed by atoms with E-state index >= 15 is 0 Å². The van der Waals surface area contributed by atoms with Gasteiger partial charge in [0, 0.05) is 18.7 Å². The van der Waals surface area contributed by atoms with Crippen molar-refractivity contribution in [3.63, 3.8) is 0 Å². The molecule has 0 radical (unpaired) electrons. The largest absolute Gasteiger partial charge is 0.388 e. The number of nitrogens with one attached hydrogen (secondary N) is 2. The lowest BCUT2D eigenvalue weighted by Gasteiger charge is -2.15. The molecule has 0 unspecified atom stereocenters. The normalized spacial score (nSPS) is 12.3. The summed E-state index contributed by atoms with van der Waals surface area (Å²) in [5.74, 6) is 0.447. The highest BCUT2D eigenvalue weighted by Gasteiger charge is 2.11. The summed E-state index contributed by atoms with van der Waals surface area (Å²) in [4.78, 5) is 19.7. The average Bonchev–Trinajstić information content (AvgIpc) is 3.13. The van der Waals surface area contributed by atoms with Crippen molar-refractivity contribution >= 4 is 16.9 Å². The Kier molecular flexibility index (Phi) is 6.21. The number of amides is 1. The van der Waals surface area contributed by atoms with Gasteiger partial charge in [-0.25, -0.2) is 4.98 Å². The van der Waals surface area contributed by atoms with E-state index in [1.807, 2.05) is 56.3 Å². The summed E-state index contributed by atoms with van der Waals surface area (Å²) in [7, 11) is 0. The number of hydrogen-bond donors (Lipinski definition) is 3. The van der Waals surface area contributed by atoms with Gasteiger partial charge in [-0.05, 0) is 48.7 Å². The van der Waals surface area contributed by atoms with Gasteiger partial charge in [0.15, 0.2) is 0 Å². The summed E-state index contributed by atoms with van der Waals surface area (Å²) in [5.41, 5.74) is 4.34. The van der Waals surface area contributed by atoms with E-state index in [2.05, 4.69) is 15.3 Å². The molecular weight excluding hydrogens is 342 g/mol. The number of nitrogens with zero attached hydrogens (tertiary/aromatic N) is 1. The van der Waals surface area contributed by atoms with Gasteiger partial charge in [-0.15, -0.1) is 0 Å². The Labute approximate surface area is 158 Å². The third-order valence-corrected chi connectivity index (χ3v) is 4.51. The van der Waals surface area contributed by atoms with Crippen LogP contribution in [0.5, 0.6) is 0 Å². The summed E-state index contributed by atoms with van der Waals surface area (Å²) < 4.78 is 5.56. The van der Waals surface area contributed by atoms with Crippen LogP contribution in [0.3, 0.4) is 0 Å². The summed E-state index contributed by atoms with van der Waals surface area (Å²) in [5, 5.41) is 12.1. The minimum absolute atomic E-state index is 0.0446. The fourth-order valence-electron chi connectivity index (χ4n) is 3.00. The number of carbonyl (C=O) groups is 1. The molecule has 3 rings (SSSR count). The molecule has 1 aromatic heterocycles. The number of aliphatic hydroxyl groups is 1. The Hall–Kier alpha value is -2.70. The van der Waals surface area contributed by atoms with Crippen molar-refractivity contribution in [2.24, 2.45) is 0 Å². The van der Waals surface area contributed by atoms with E-state index in [0.717, 1.165) is 28.6 Å². The van der Waals surface area contributed by atoms with Crippen molar-refractivity contribution in [1.82, 2.24) is 15.3 Å². The number of ether oxygens (including phenoxy) is 1. The Bertz CT molecular complexity index is 903. The lowest BCUT2D eigenvalue weighted by molar-refractivity contribution is 0.0569. The number of H-pyrrole nitrogens is 1. The molecule has 6 nitrogen and oxygen atoms in total. The van der Waals surface area contributed by atoms with Crippen molar-refractivity contribution in [2.45, 2.75) is 33.0 Å². The van der Waals surface area contributed by atoms with Gasteiger partial charge in [-0.1, -0.05) is 25.1 Å². The number of aromatic nitrogens is 2. The van der Waals surface area contributed by atoms with Crippen LogP contribution in [0.15, 0.2) is 42.5 Å². The van der Waals surface area contributed by atoms with Crippen LogP contribution in [0.25, 0.3) is 22.2 Å². The van der Waals surface area contributed by atoms with Crippen LogP contribution in [-0.4, -0.2) is 40.2 Å². The Morgan fingerprint density at radius 1 is 1.19 bits per heavy atom. The molecule has 1 atom stereocenters. The molecule has 142 valence electrons. The first-order chi connectivity index (χ1) is 13.1. The average molecular weight is 367 g/mol. The minimum atomic E-state index is -0.115. The smallest absolute Gasteiger partial charge is 0.251 e. The summed E-state index contributed by atoms with van der Waals surface area (Å²) >= 11 is 0. The zero-order valence-electron chi connectivity index (χ0n) is 15.7. The number of aliphatic hydroxyl groups excluding tert-OH is 1. The molecular formula is C21H25N3O3. The zero-order valence-corrected chi connectivity index (χ0v) is 15.7. The maximum Gasteiger partial charge on any atom is 0.251 e. The van der Waals surface area contributed by atoms with Crippen LogP contribution in [-0.2, 0) is 11.3 Å². The van der Waals surface area contributed by atoms with Gasteiger partial charge >= 0.3 is 0 Å². The standard InChI is InChI=1S/C21H25N3O3/c1-3-17(27-4-2)12-22-21(26)15-7-5-14(6-8-15)16-9-10-18-19(11-16)24-20(13-25)23-18/h5-11,17,25H,3-4,12-13H2,1-2H3,(H,22,26)(H,23,24)/t17-/m1/s1. The number of carbonyl (C=O) groups excluding carboxylic acids is 1. The molecule has 0 aliphatic carbocycles. The predicted octanol–water partition coefficient (Wildman–Crippen LogP) is 3.27. The Balaban J connectivity index is 1.70. The highest BCUT2D eigenvalue weighted by atomic mass is 16.5. The third kappa shape index (κ3) is 4.53. The number of aromatic amines is 1. The van der Waals surface area contributed by atoms with Crippen molar-refractivity contribution < 1.29 is 14.6 Å². The van der Waals surface area contributed by atoms with E-state index in [1.165, 1.54) is 0 Å². The molecule has 0 aliphatic rings. The number of imidazole rings is 1. The SMILES string of the molecule is CCO[C@H](CC)CNC(=O)c1ccc(-c2ccc3nc(CO)[nH]c3c2)cc1. The van der Waals surface area contributed by atoms with E-state index in [9.17, 15) is 9.90 Å². The van der Waals surface area contributed by atoms with E-state index in [1.54, 1.807) is 0 Å². The van der Waals surface area contributed by atoms with Crippen molar-refractivity contribution in [2.75, 3.05) is 13.2 Å². The molecule has 1 heterocycles. The molecule has 0 aliphatic heterocycles. The molecule has 6 heteroatoms. The van der Waals surface area contributed by atoms with Gasteiger partial charge in [0.05, 0.1) is 17.1 Å². The zero-order chi connectivity index (χ0) is 19.2. The molecule has 3 N–H and O–H groups in total. The van der Waals surface area contributed by atoms with Crippen LogP contribution in [0, 0.1) is 0 Å². The van der Waals surface area contributed by atoms with Gasteiger partial charge in [0.25, 0.3) is 5.91 Å². The van der Waals surface area contributed by atoms with Crippen molar-refractivity contribution in [3.8, 4) is 11.1 Å². The second-order valence-electron chi connectivity index (χ2n) is 6.35. The molecule has 0 fully saturated rings. The van der Waals surface area contributed by atoms with Crippen LogP contribution in [0.2, 0.25) is 0 Å². The number of benzene rings is 2. The Morgan fingerprint density at radius 3 is 2.59 bits per heavy atom. The second-order valence-corrected chi connectivity index (χ2v) is 6.35. The second kappa shape index (κ2) is 8.79. The van der Waals surface area contributed by atoms with Gasteiger partial charge in [0.2, 0.25) is 0 Å². The van der Waals surface area contributed by atoms with Crippen molar-refractivity contribution in [3.05, 3.63) is 53.9 Å². The number of hydrogen-bond acceptors (Lipinski definition) is 4. The van der Waals surface area contributed by atoms with Crippen LogP contribution < -0.4 is 5.32 Å². The van der Waals surface area contributed by atoms with Crippen LogP contribution in [0.1, 0.15) is 36.5 Å². The van der Waals surface area contributed by atoms with E-state index in [-0.39, 0.29) is 18.6 Å². The first kappa shape index (κ1) is 19.1. The first-order valence-corrected chi connectivity index (χ1v) is 9.24. The Morgan fingerprint density at radius 2 is 1.93 bits per heavy atom. The molecule has 0 spiro atoms. The molecule has 0 bridgehead atoms. The molecule has 3 aromatic rings. The fourth-order valence-corrected chi connectivity index (χ4v) is 3.00. The maximum absolute atomic E-state index is 12.3. The van der Waals surface area contributed by atoms with Crippen molar-refractivity contribution in [1.29, 1.82) is 0 Å². The first-order valence-electron chi connectivity index (χ1n) is 9.24. The lowest BCUT2D eigenvalue weighted by Crippen LogP contribution is -2.33. The third-order valence-electron chi connectivity index (χ3n) is 4.51. The number of rotatable bonds is 8. The topological polar surface area (TPSA) is 87.2 Å². The predicted molar refractivity (Wildman–Crippen MR) is 105 cm³/mol. The van der Waals surface area contributed by atoms with Gasteiger partial charge in [0.1, 0.15) is 12.4 Å². The van der Waals surface area contributed by atoms with E-state index in [4.69, 9.17) is 4.74 Å². The maximum atomic E-state index is 12.3. The lowest BCUT2D eigenvalue weighted by atomic mass is 10.0. The highest BCUT2D eigenvalue weighted by Crippen LogP contribution is 2.24. The van der Waals surface area contributed by atoms with Crippen LogP contribution in [0.4, 0.5) is 0 Å². The van der Waals surface area contributed by atoms with E-state index in [0.29, 0.717) is 24.5 Å². The number of fused-ring (bicyclic) bond motifs is 1. The summed E-state index contributed by atoms with van der Waals surface area (Å²) in [6.07, 6.45) is 0.907. The fraction of sp³-hybridized carbons (Fsp3) is 0.333. The highest BCUT2D eigenvalue weighted by molar-refractivity contribution is 5.94. The summed E-state index contributed by atoms with van der Waals surface area (Å²) in [6.45, 7) is 5.03. The van der Waals surface area contributed by atoms with Gasteiger partial charge in [-0.2, -0.15) is 0 Å². The molecule has 0 saturated heterocycles. The molecule has 2 aromatic carbocycles.